The number of aromatic nitrogens is 2. The molecule has 2 aliphatic rings. The van der Waals surface area contributed by atoms with Gasteiger partial charge in [0.15, 0.2) is 0 Å². The summed E-state index contributed by atoms with van der Waals surface area (Å²) in [6.45, 7) is 0.691. The predicted molar refractivity (Wildman–Crippen MR) is 89.7 cm³/mol. The summed E-state index contributed by atoms with van der Waals surface area (Å²) in [6, 6.07) is 8.11. The first-order valence-corrected chi connectivity index (χ1v) is 8.69. The van der Waals surface area contributed by atoms with Gasteiger partial charge in [-0.3, -0.25) is 4.79 Å². The largest absolute Gasteiger partial charge is 0.356 e. The monoisotopic (exact) mass is 312 g/mol. The Hall–Kier alpha value is -1.88. The third kappa shape index (κ3) is 2.74. The molecule has 2 saturated carbocycles. The lowest BCUT2D eigenvalue weighted by Gasteiger charge is -2.26. The Balaban J connectivity index is 1.26. The molecule has 0 spiro atoms. The number of benzene rings is 1. The lowest BCUT2D eigenvalue weighted by molar-refractivity contribution is -0.127. The number of aromatic amines is 1. The number of aryl methyl sites for hydroxylation is 1. The van der Waals surface area contributed by atoms with Crippen LogP contribution < -0.4 is 11.1 Å². The minimum atomic E-state index is 0.0416. The molecule has 5 heteroatoms. The number of nitrogens with two attached hydrogens (primary N) is 1. The number of carbonyl (C=O) groups is 1. The van der Waals surface area contributed by atoms with Crippen LogP contribution in [0.25, 0.3) is 11.0 Å². The fourth-order valence-corrected chi connectivity index (χ4v) is 4.43. The molecule has 2 aromatic rings. The normalized spacial score (nSPS) is 29.3. The Bertz CT molecular complexity index is 675. The van der Waals surface area contributed by atoms with E-state index in [0.717, 1.165) is 36.1 Å². The Morgan fingerprint density at radius 3 is 2.91 bits per heavy atom. The van der Waals surface area contributed by atoms with Crippen LogP contribution in [0.15, 0.2) is 24.3 Å². The molecule has 4 unspecified atom stereocenters. The van der Waals surface area contributed by atoms with E-state index in [1.807, 2.05) is 24.3 Å². The summed E-state index contributed by atoms with van der Waals surface area (Å²) in [7, 11) is 0. The molecule has 0 saturated heterocycles. The van der Waals surface area contributed by atoms with E-state index in [-0.39, 0.29) is 17.9 Å². The molecule has 4 atom stereocenters. The van der Waals surface area contributed by atoms with Crippen LogP contribution in [0.3, 0.4) is 0 Å². The van der Waals surface area contributed by atoms with Crippen molar-refractivity contribution >= 4 is 16.9 Å². The van der Waals surface area contributed by atoms with Crippen LogP contribution in [-0.2, 0) is 11.2 Å². The fraction of sp³-hybridized carbons (Fsp3) is 0.556. The molecule has 0 aliphatic heterocycles. The number of rotatable bonds is 5. The average Bonchev–Trinajstić information content (AvgIpc) is 3.24. The van der Waals surface area contributed by atoms with Gasteiger partial charge in [-0.15, -0.1) is 0 Å². The van der Waals surface area contributed by atoms with Gasteiger partial charge in [-0.2, -0.15) is 0 Å². The second-order valence-electron chi connectivity index (χ2n) is 7.03. The zero-order valence-electron chi connectivity index (χ0n) is 13.3. The molecule has 1 heterocycles. The van der Waals surface area contributed by atoms with Crippen LogP contribution in [0.4, 0.5) is 0 Å². The topological polar surface area (TPSA) is 83.8 Å². The van der Waals surface area contributed by atoms with E-state index in [1.54, 1.807) is 0 Å². The smallest absolute Gasteiger partial charge is 0.224 e. The summed E-state index contributed by atoms with van der Waals surface area (Å²) in [5.41, 5.74) is 8.30. The predicted octanol–water partition coefficient (Wildman–Crippen LogP) is 1.99. The first-order valence-electron chi connectivity index (χ1n) is 8.69. The standard InChI is InChI=1S/C18H24N4O/c19-17-12-8-7-11(10-12)16(17)18(23)20-9-3-6-15-21-13-4-1-2-5-14(13)22-15/h1-2,4-5,11-12,16-17H,3,6-10,19H2,(H,20,23)(H,21,22). The highest BCUT2D eigenvalue weighted by Crippen LogP contribution is 2.47. The molecule has 1 amide bonds. The summed E-state index contributed by atoms with van der Waals surface area (Å²) in [5, 5.41) is 3.08. The number of nitrogens with zero attached hydrogens (tertiary/aromatic N) is 1. The van der Waals surface area contributed by atoms with Gasteiger partial charge >= 0.3 is 0 Å². The van der Waals surface area contributed by atoms with Gasteiger partial charge in [0.1, 0.15) is 5.82 Å². The van der Waals surface area contributed by atoms with Crippen LogP contribution in [0.1, 0.15) is 31.5 Å². The second-order valence-corrected chi connectivity index (χ2v) is 7.03. The summed E-state index contributed by atoms with van der Waals surface area (Å²) in [5.74, 6) is 2.28. The molecule has 23 heavy (non-hydrogen) atoms. The Morgan fingerprint density at radius 1 is 1.30 bits per heavy atom. The number of imidazole rings is 1. The maximum atomic E-state index is 12.4. The quantitative estimate of drug-likeness (QED) is 0.738. The van der Waals surface area contributed by atoms with Crippen molar-refractivity contribution in [1.29, 1.82) is 0 Å². The van der Waals surface area contributed by atoms with Gasteiger partial charge in [-0.25, -0.2) is 4.98 Å². The number of hydrogen-bond donors (Lipinski definition) is 3. The number of hydrogen-bond acceptors (Lipinski definition) is 3. The molecular weight excluding hydrogens is 288 g/mol. The Morgan fingerprint density at radius 2 is 2.13 bits per heavy atom. The van der Waals surface area contributed by atoms with Gasteiger partial charge in [-0.1, -0.05) is 12.1 Å². The number of carbonyl (C=O) groups excluding carboxylic acids is 1. The second kappa shape index (κ2) is 5.96. The third-order valence-corrected chi connectivity index (χ3v) is 5.61. The van der Waals surface area contributed by atoms with E-state index >= 15 is 0 Å². The van der Waals surface area contributed by atoms with E-state index < -0.39 is 0 Å². The molecule has 2 aliphatic carbocycles. The number of nitrogens with one attached hydrogen (secondary N) is 2. The van der Waals surface area contributed by atoms with Crippen molar-refractivity contribution in [2.75, 3.05) is 6.54 Å². The zero-order chi connectivity index (χ0) is 15.8. The van der Waals surface area contributed by atoms with Gasteiger partial charge in [-0.05, 0) is 49.7 Å². The van der Waals surface area contributed by atoms with Gasteiger partial charge in [0.2, 0.25) is 5.91 Å². The number of H-pyrrole nitrogens is 1. The lowest BCUT2D eigenvalue weighted by Crippen LogP contribution is -2.45. The van der Waals surface area contributed by atoms with Crippen molar-refractivity contribution < 1.29 is 4.79 Å². The van der Waals surface area contributed by atoms with E-state index in [9.17, 15) is 4.79 Å². The lowest BCUT2D eigenvalue weighted by atomic mass is 9.84. The van der Waals surface area contributed by atoms with Crippen LogP contribution in [0, 0.1) is 17.8 Å². The molecule has 4 rings (SSSR count). The van der Waals surface area contributed by atoms with Crippen molar-refractivity contribution in [3.05, 3.63) is 30.1 Å². The summed E-state index contributed by atoms with van der Waals surface area (Å²) < 4.78 is 0. The number of fused-ring (bicyclic) bond motifs is 3. The van der Waals surface area contributed by atoms with Crippen molar-refractivity contribution in [1.82, 2.24) is 15.3 Å². The van der Waals surface area contributed by atoms with E-state index in [0.29, 0.717) is 18.4 Å². The molecule has 0 radical (unpaired) electrons. The van der Waals surface area contributed by atoms with Crippen LogP contribution in [0.5, 0.6) is 0 Å². The van der Waals surface area contributed by atoms with Crippen molar-refractivity contribution in [3.63, 3.8) is 0 Å². The summed E-state index contributed by atoms with van der Waals surface area (Å²) in [6.07, 6.45) is 5.27. The fourth-order valence-electron chi connectivity index (χ4n) is 4.43. The molecule has 2 fully saturated rings. The number of para-hydroxylation sites is 2. The van der Waals surface area contributed by atoms with Gasteiger partial charge in [0, 0.05) is 19.0 Å². The molecule has 4 N–H and O–H groups in total. The van der Waals surface area contributed by atoms with Gasteiger partial charge in [0.05, 0.1) is 17.0 Å². The molecule has 122 valence electrons. The molecule has 2 bridgehead atoms. The Kier molecular flexibility index (Phi) is 3.81. The van der Waals surface area contributed by atoms with Crippen molar-refractivity contribution in [3.8, 4) is 0 Å². The Labute approximate surface area is 136 Å². The summed E-state index contributed by atoms with van der Waals surface area (Å²) >= 11 is 0. The van der Waals surface area contributed by atoms with Gasteiger partial charge < -0.3 is 16.0 Å². The SMILES string of the molecule is NC1C2CCC(C2)C1C(=O)NCCCc1nc2ccccc2[nH]1. The minimum Gasteiger partial charge on any atom is -0.356 e. The van der Waals surface area contributed by atoms with E-state index in [4.69, 9.17) is 5.73 Å². The van der Waals surface area contributed by atoms with Crippen LogP contribution >= 0.6 is 0 Å². The molecule has 5 nitrogen and oxygen atoms in total. The average molecular weight is 312 g/mol. The first-order chi connectivity index (χ1) is 11.2. The van der Waals surface area contributed by atoms with Crippen LogP contribution in [-0.4, -0.2) is 28.5 Å². The highest BCUT2D eigenvalue weighted by molar-refractivity contribution is 5.80. The maximum Gasteiger partial charge on any atom is 0.224 e. The van der Waals surface area contributed by atoms with E-state index in [1.165, 1.54) is 12.8 Å². The van der Waals surface area contributed by atoms with E-state index in [2.05, 4.69) is 15.3 Å². The molecule has 1 aromatic heterocycles. The number of amides is 1. The molecule has 1 aromatic carbocycles. The van der Waals surface area contributed by atoms with Gasteiger partial charge in [0.25, 0.3) is 0 Å². The van der Waals surface area contributed by atoms with Crippen molar-refractivity contribution in [2.45, 2.75) is 38.1 Å². The molecular formula is C18H24N4O. The minimum absolute atomic E-state index is 0.0416. The van der Waals surface area contributed by atoms with Crippen LogP contribution in [0.2, 0.25) is 0 Å². The highest BCUT2D eigenvalue weighted by atomic mass is 16.1. The summed E-state index contributed by atoms with van der Waals surface area (Å²) in [4.78, 5) is 20.3. The highest BCUT2D eigenvalue weighted by Gasteiger charge is 2.48. The maximum absolute atomic E-state index is 12.4. The van der Waals surface area contributed by atoms with Crippen molar-refractivity contribution in [2.24, 2.45) is 23.5 Å². The first kappa shape index (κ1) is 14.7. The zero-order valence-corrected chi connectivity index (χ0v) is 13.3. The third-order valence-electron chi connectivity index (χ3n) is 5.61.